The number of aryl methyl sites for hydroxylation is 1. The number of aromatic nitrogens is 1. The maximum atomic E-state index is 12.8. The van der Waals surface area contributed by atoms with Crippen LogP contribution in [-0.4, -0.2) is 10.5 Å². The quantitative estimate of drug-likeness (QED) is 0.582. The van der Waals surface area contributed by atoms with Crippen LogP contribution in [0.1, 0.15) is 21.6 Å². The van der Waals surface area contributed by atoms with Crippen molar-refractivity contribution in [2.75, 3.05) is 5.32 Å². The van der Waals surface area contributed by atoms with E-state index in [0.717, 1.165) is 22.3 Å². The Hall–Kier alpha value is -3.27. The van der Waals surface area contributed by atoms with Crippen molar-refractivity contribution in [3.05, 3.63) is 89.8 Å². The van der Waals surface area contributed by atoms with Crippen LogP contribution in [0, 0.1) is 6.92 Å². The van der Waals surface area contributed by atoms with E-state index in [2.05, 4.69) is 5.32 Å². The van der Waals surface area contributed by atoms with Crippen LogP contribution >= 0.6 is 0 Å². The van der Waals surface area contributed by atoms with Crippen LogP contribution in [0.15, 0.2) is 77.4 Å². The standard InChI is InChI=1S/C21H18N2O2/c1-15-7-9-17(10-8-15)22-21(24)19-13-20-18(11-12-25-20)23(19)14-16-5-3-2-4-6-16/h2-13H,14H2,1H3,(H,22,24). The number of hydrogen-bond donors (Lipinski definition) is 1. The van der Waals surface area contributed by atoms with Crippen molar-refractivity contribution in [3.8, 4) is 0 Å². The summed E-state index contributed by atoms with van der Waals surface area (Å²) < 4.78 is 7.48. The van der Waals surface area contributed by atoms with Gasteiger partial charge in [-0.2, -0.15) is 0 Å². The molecule has 0 fully saturated rings. The average Bonchev–Trinajstić information content (AvgIpc) is 3.21. The second kappa shape index (κ2) is 6.32. The number of nitrogens with zero attached hydrogens (tertiary/aromatic N) is 1. The zero-order chi connectivity index (χ0) is 17.2. The Kier molecular flexibility index (Phi) is 3.86. The summed E-state index contributed by atoms with van der Waals surface area (Å²) in [6.07, 6.45) is 1.65. The topological polar surface area (TPSA) is 47.2 Å². The molecular weight excluding hydrogens is 312 g/mol. The van der Waals surface area contributed by atoms with Gasteiger partial charge >= 0.3 is 0 Å². The van der Waals surface area contributed by atoms with E-state index >= 15 is 0 Å². The molecule has 25 heavy (non-hydrogen) atoms. The summed E-state index contributed by atoms with van der Waals surface area (Å²) in [5.41, 5.74) is 5.27. The fourth-order valence-electron chi connectivity index (χ4n) is 2.93. The third kappa shape index (κ3) is 3.06. The lowest BCUT2D eigenvalue weighted by Gasteiger charge is -2.11. The van der Waals surface area contributed by atoms with Gasteiger partial charge in [-0.15, -0.1) is 0 Å². The molecule has 2 aromatic heterocycles. The molecule has 0 saturated heterocycles. The van der Waals surface area contributed by atoms with E-state index < -0.39 is 0 Å². The van der Waals surface area contributed by atoms with Gasteiger partial charge in [0.05, 0.1) is 11.8 Å². The predicted molar refractivity (Wildman–Crippen MR) is 98.9 cm³/mol. The largest absolute Gasteiger partial charge is 0.463 e. The number of carbonyl (C=O) groups is 1. The summed E-state index contributed by atoms with van der Waals surface area (Å²) in [4.78, 5) is 12.8. The van der Waals surface area contributed by atoms with Crippen molar-refractivity contribution < 1.29 is 9.21 Å². The molecular formula is C21H18N2O2. The van der Waals surface area contributed by atoms with Gasteiger partial charge in [0.1, 0.15) is 5.69 Å². The van der Waals surface area contributed by atoms with Crippen molar-refractivity contribution in [2.45, 2.75) is 13.5 Å². The number of hydrogen-bond acceptors (Lipinski definition) is 2. The number of benzene rings is 2. The van der Waals surface area contributed by atoms with E-state index in [1.54, 1.807) is 12.3 Å². The SMILES string of the molecule is Cc1ccc(NC(=O)c2cc3occc3n2Cc2ccccc2)cc1. The number of amides is 1. The van der Waals surface area contributed by atoms with E-state index in [1.165, 1.54) is 0 Å². The normalized spacial score (nSPS) is 10.9. The molecule has 0 bridgehead atoms. The van der Waals surface area contributed by atoms with Crippen LogP contribution in [0.2, 0.25) is 0 Å². The fourth-order valence-corrected chi connectivity index (χ4v) is 2.93. The second-order valence-corrected chi connectivity index (χ2v) is 6.09. The Morgan fingerprint density at radius 1 is 1.04 bits per heavy atom. The number of anilines is 1. The number of nitrogens with one attached hydrogen (secondary N) is 1. The van der Waals surface area contributed by atoms with E-state index in [1.807, 2.05) is 72.2 Å². The smallest absolute Gasteiger partial charge is 0.272 e. The van der Waals surface area contributed by atoms with E-state index in [-0.39, 0.29) is 5.91 Å². The Balaban J connectivity index is 1.68. The Morgan fingerprint density at radius 3 is 2.56 bits per heavy atom. The van der Waals surface area contributed by atoms with Crippen LogP contribution < -0.4 is 5.32 Å². The van der Waals surface area contributed by atoms with Gasteiger partial charge in [-0.3, -0.25) is 4.79 Å². The molecule has 0 unspecified atom stereocenters. The first-order chi connectivity index (χ1) is 12.2. The van der Waals surface area contributed by atoms with Crippen molar-refractivity contribution in [3.63, 3.8) is 0 Å². The average molecular weight is 330 g/mol. The van der Waals surface area contributed by atoms with Gasteiger partial charge < -0.3 is 14.3 Å². The fraction of sp³-hybridized carbons (Fsp3) is 0.0952. The van der Waals surface area contributed by atoms with Gasteiger partial charge in [0.2, 0.25) is 0 Å². The minimum atomic E-state index is -0.147. The maximum absolute atomic E-state index is 12.8. The van der Waals surface area contributed by atoms with E-state index in [0.29, 0.717) is 17.8 Å². The third-order valence-electron chi connectivity index (χ3n) is 4.25. The molecule has 4 nitrogen and oxygen atoms in total. The molecule has 0 radical (unpaired) electrons. The van der Waals surface area contributed by atoms with Crippen molar-refractivity contribution in [2.24, 2.45) is 0 Å². The van der Waals surface area contributed by atoms with Gasteiger partial charge in [0.15, 0.2) is 5.58 Å². The molecule has 2 aromatic carbocycles. The molecule has 0 saturated carbocycles. The number of rotatable bonds is 4. The molecule has 1 N–H and O–H groups in total. The molecule has 0 aliphatic rings. The van der Waals surface area contributed by atoms with Crippen LogP contribution in [0.3, 0.4) is 0 Å². The molecule has 4 aromatic rings. The lowest BCUT2D eigenvalue weighted by Crippen LogP contribution is -2.17. The molecule has 0 aliphatic carbocycles. The van der Waals surface area contributed by atoms with Crippen LogP contribution in [0.5, 0.6) is 0 Å². The molecule has 4 rings (SSSR count). The van der Waals surface area contributed by atoms with Gasteiger partial charge in [-0.25, -0.2) is 0 Å². The highest BCUT2D eigenvalue weighted by Crippen LogP contribution is 2.23. The third-order valence-corrected chi connectivity index (χ3v) is 4.25. The lowest BCUT2D eigenvalue weighted by atomic mass is 10.2. The molecule has 2 heterocycles. The van der Waals surface area contributed by atoms with Crippen LogP contribution in [0.4, 0.5) is 5.69 Å². The Morgan fingerprint density at radius 2 is 1.80 bits per heavy atom. The summed E-state index contributed by atoms with van der Waals surface area (Å²) in [7, 11) is 0. The van der Waals surface area contributed by atoms with Crippen molar-refractivity contribution >= 4 is 22.7 Å². The molecule has 0 spiro atoms. The summed E-state index contributed by atoms with van der Waals surface area (Å²) in [6.45, 7) is 2.63. The van der Waals surface area contributed by atoms with Crippen LogP contribution in [-0.2, 0) is 6.54 Å². The number of fused-ring (bicyclic) bond motifs is 1. The minimum absolute atomic E-state index is 0.147. The molecule has 124 valence electrons. The first-order valence-electron chi connectivity index (χ1n) is 8.19. The molecule has 1 amide bonds. The Labute approximate surface area is 145 Å². The maximum Gasteiger partial charge on any atom is 0.272 e. The highest BCUT2D eigenvalue weighted by atomic mass is 16.3. The first-order valence-corrected chi connectivity index (χ1v) is 8.19. The van der Waals surface area contributed by atoms with E-state index in [4.69, 9.17) is 4.42 Å². The lowest BCUT2D eigenvalue weighted by molar-refractivity contribution is 0.101. The summed E-state index contributed by atoms with van der Waals surface area (Å²) >= 11 is 0. The highest BCUT2D eigenvalue weighted by Gasteiger charge is 2.17. The van der Waals surface area contributed by atoms with Gasteiger partial charge in [-0.1, -0.05) is 48.0 Å². The monoisotopic (exact) mass is 330 g/mol. The molecule has 4 heteroatoms. The first kappa shape index (κ1) is 15.3. The van der Waals surface area contributed by atoms with Crippen molar-refractivity contribution in [1.82, 2.24) is 4.57 Å². The number of furan rings is 1. The zero-order valence-corrected chi connectivity index (χ0v) is 13.9. The van der Waals surface area contributed by atoms with Crippen LogP contribution in [0.25, 0.3) is 11.1 Å². The number of carbonyl (C=O) groups excluding carboxylic acids is 1. The minimum Gasteiger partial charge on any atom is -0.463 e. The van der Waals surface area contributed by atoms with Crippen molar-refractivity contribution in [1.29, 1.82) is 0 Å². The Bertz CT molecular complexity index is 1010. The van der Waals surface area contributed by atoms with Gasteiger partial charge in [0.25, 0.3) is 5.91 Å². The zero-order valence-electron chi connectivity index (χ0n) is 13.9. The summed E-state index contributed by atoms with van der Waals surface area (Å²) in [5.74, 6) is -0.147. The summed E-state index contributed by atoms with van der Waals surface area (Å²) in [5, 5.41) is 2.96. The van der Waals surface area contributed by atoms with Gasteiger partial charge in [-0.05, 0) is 24.6 Å². The predicted octanol–water partition coefficient (Wildman–Crippen LogP) is 4.84. The van der Waals surface area contributed by atoms with Gasteiger partial charge in [0, 0.05) is 24.4 Å². The molecule has 0 atom stereocenters. The molecule has 0 aliphatic heterocycles. The van der Waals surface area contributed by atoms with E-state index in [9.17, 15) is 4.79 Å². The highest BCUT2D eigenvalue weighted by molar-refractivity contribution is 6.05. The summed E-state index contributed by atoms with van der Waals surface area (Å²) in [6, 6.07) is 21.5. The second-order valence-electron chi connectivity index (χ2n) is 6.09.